The second-order valence-corrected chi connectivity index (χ2v) is 6.56. The van der Waals surface area contributed by atoms with Crippen LogP contribution in [0.4, 0.5) is 0 Å². The lowest BCUT2D eigenvalue weighted by atomic mass is 10.2. The lowest BCUT2D eigenvalue weighted by molar-refractivity contribution is 0.0747. The number of amides is 1. The van der Waals surface area contributed by atoms with Gasteiger partial charge in [0.2, 0.25) is 0 Å². The van der Waals surface area contributed by atoms with Gasteiger partial charge >= 0.3 is 0 Å². The lowest BCUT2D eigenvalue weighted by Crippen LogP contribution is -2.32. The number of thiophene rings is 1. The molecule has 0 saturated heterocycles. The van der Waals surface area contributed by atoms with Gasteiger partial charge in [0.15, 0.2) is 0 Å². The molecular formula is C18H25ClN2OS. The molecule has 2 N–H and O–H groups in total. The summed E-state index contributed by atoms with van der Waals surface area (Å²) in [7, 11) is 0. The van der Waals surface area contributed by atoms with Crippen LogP contribution < -0.4 is 5.73 Å². The second kappa shape index (κ2) is 9.71. The maximum atomic E-state index is 12.8. The number of carbonyl (C=O) groups excluding carboxylic acids is 1. The SMILES string of the molecule is CCc1sc(C(=O)N(CCCN)Cc2ccccc2)cc1C.Cl. The highest BCUT2D eigenvalue weighted by Gasteiger charge is 2.18. The molecule has 1 aromatic heterocycles. The summed E-state index contributed by atoms with van der Waals surface area (Å²) in [6.07, 6.45) is 1.80. The Kier molecular flexibility index (Phi) is 8.31. The summed E-state index contributed by atoms with van der Waals surface area (Å²) in [6.45, 7) is 6.14. The van der Waals surface area contributed by atoms with E-state index in [-0.39, 0.29) is 18.3 Å². The molecule has 0 unspecified atom stereocenters. The van der Waals surface area contributed by atoms with E-state index in [1.165, 1.54) is 10.4 Å². The zero-order valence-corrected chi connectivity index (χ0v) is 15.4. The number of aryl methyl sites for hydroxylation is 2. The van der Waals surface area contributed by atoms with Crippen LogP contribution in [-0.4, -0.2) is 23.9 Å². The highest BCUT2D eigenvalue weighted by molar-refractivity contribution is 7.14. The predicted octanol–water partition coefficient (Wildman–Crippen LogP) is 4.03. The molecule has 0 radical (unpaired) electrons. The van der Waals surface area contributed by atoms with E-state index in [9.17, 15) is 4.79 Å². The van der Waals surface area contributed by atoms with Crippen molar-refractivity contribution in [1.82, 2.24) is 4.90 Å². The zero-order chi connectivity index (χ0) is 15.9. The van der Waals surface area contributed by atoms with Gasteiger partial charge in [-0.25, -0.2) is 0 Å². The zero-order valence-electron chi connectivity index (χ0n) is 13.7. The van der Waals surface area contributed by atoms with Gasteiger partial charge in [0.25, 0.3) is 5.91 Å². The maximum Gasteiger partial charge on any atom is 0.264 e. The third-order valence-electron chi connectivity index (χ3n) is 3.69. The van der Waals surface area contributed by atoms with Crippen molar-refractivity contribution >= 4 is 29.7 Å². The molecule has 23 heavy (non-hydrogen) atoms. The summed E-state index contributed by atoms with van der Waals surface area (Å²) in [5, 5.41) is 0. The fourth-order valence-corrected chi connectivity index (χ4v) is 3.55. The van der Waals surface area contributed by atoms with Crippen molar-refractivity contribution in [2.24, 2.45) is 5.73 Å². The largest absolute Gasteiger partial charge is 0.334 e. The number of benzene rings is 1. The van der Waals surface area contributed by atoms with Crippen LogP contribution in [0.5, 0.6) is 0 Å². The summed E-state index contributed by atoms with van der Waals surface area (Å²) >= 11 is 1.62. The summed E-state index contributed by atoms with van der Waals surface area (Å²) in [5.41, 5.74) is 7.99. The van der Waals surface area contributed by atoms with Crippen LogP contribution >= 0.6 is 23.7 Å². The number of carbonyl (C=O) groups is 1. The van der Waals surface area contributed by atoms with Gasteiger partial charge in [0.05, 0.1) is 4.88 Å². The van der Waals surface area contributed by atoms with E-state index < -0.39 is 0 Å². The number of hydrogen-bond acceptors (Lipinski definition) is 3. The Morgan fingerprint density at radius 1 is 1.26 bits per heavy atom. The molecule has 0 aliphatic carbocycles. The minimum absolute atomic E-state index is 0. The highest BCUT2D eigenvalue weighted by Crippen LogP contribution is 2.24. The Morgan fingerprint density at radius 2 is 1.96 bits per heavy atom. The molecule has 0 saturated carbocycles. The standard InChI is InChI=1S/C18H24N2OS.ClH/c1-3-16-14(2)12-17(22-16)18(21)20(11-7-10-19)13-15-8-5-4-6-9-15;/h4-6,8-9,12H,3,7,10-11,13,19H2,1-2H3;1H. The smallest absolute Gasteiger partial charge is 0.264 e. The molecule has 1 heterocycles. The van der Waals surface area contributed by atoms with Gasteiger partial charge in [0, 0.05) is 18.0 Å². The van der Waals surface area contributed by atoms with E-state index >= 15 is 0 Å². The number of halogens is 1. The number of nitrogens with two attached hydrogens (primary N) is 1. The molecule has 0 bridgehead atoms. The van der Waals surface area contributed by atoms with Crippen molar-refractivity contribution < 1.29 is 4.79 Å². The predicted molar refractivity (Wildman–Crippen MR) is 101 cm³/mol. The monoisotopic (exact) mass is 352 g/mol. The quantitative estimate of drug-likeness (QED) is 0.817. The average Bonchev–Trinajstić information content (AvgIpc) is 2.92. The molecular weight excluding hydrogens is 328 g/mol. The molecule has 2 aromatic rings. The molecule has 126 valence electrons. The van der Waals surface area contributed by atoms with Crippen molar-refractivity contribution in [3.8, 4) is 0 Å². The number of hydrogen-bond donors (Lipinski definition) is 1. The molecule has 2 rings (SSSR count). The third-order valence-corrected chi connectivity index (χ3v) is 5.06. The highest BCUT2D eigenvalue weighted by atomic mass is 35.5. The fourth-order valence-electron chi connectivity index (χ4n) is 2.47. The van der Waals surface area contributed by atoms with Gasteiger partial charge in [-0.3, -0.25) is 4.79 Å². The van der Waals surface area contributed by atoms with Crippen molar-refractivity contribution in [2.45, 2.75) is 33.2 Å². The molecule has 1 amide bonds. The van der Waals surface area contributed by atoms with Gasteiger partial charge < -0.3 is 10.6 Å². The summed E-state index contributed by atoms with van der Waals surface area (Å²) in [5.74, 6) is 0.116. The first kappa shape index (κ1) is 19.7. The Morgan fingerprint density at radius 3 is 2.52 bits per heavy atom. The molecule has 0 fully saturated rings. The van der Waals surface area contributed by atoms with Crippen molar-refractivity contribution in [1.29, 1.82) is 0 Å². The van der Waals surface area contributed by atoms with E-state index in [0.717, 1.165) is 23.3 Å². The van der Waals surface area contributed by atoms with E-state index in [4.69, 9.17) is 5.73 Å². The Labute approximate surface area is 148 Å². The molecule has 0 aliphatic heterocycles. The first-order chi connectivity index (χ1) is 10.7. The van der Waals surface area contributed by atoms with E-state index in [1.807, 2.05) is 29.2 Å². The third kappa shape index (κ3) is 5.34. The summed E-state index contributed by atoms with van der Waals surface area (Å²) in [6, 6.07) is 12.1. The van der Waals surface area contributed by atoms with Gasteiger partial charge in [-0.1, -0.05) is 37.3 Å². The average molecular weight is 353 g/mol. The van der Waals surface area contributed by atoms with Crippen LogP contribution in [-0.2, 0) is 13.0 Å². The van der Waals surface area contributed by atoms with Crippen molar-refractivity contribution in [3.05, 3.63) is 57.3 Å². The normalized spacial score (nSPS) is 10.2. The molecule has 5 heteroatoms. The van der Waals surface area contributed by atoms with E-state index in [1.54, 1.807) is 11.3 Å². The fraction of sp³-hybridized carbons (Fsp3) is 0.389. The summed E-state index contributed by atoms with van der Waals surface area (Å²) in [4.78, 5) is 16.9. The topological polar surface area (TPSA) is 46.3 Å². The minimum atomic E-state index is 0. The van der Waals surface area contributed by atoms with E-state index in [2.05, 4.69) is 26.0 Å². The van der Waals surface area contributed by atoms with Crippen LogP contribution in [0.25, 0.3) is 0 Å². The second-order valence-electron chi connectivity index (χ2n) is 5.42. The van der Waals surface area contributed by atoms with Crippen LogP contribution in [0.15, 0.2) is 36.4 Å². The van der Waals surface area contributed by atoms with Gasteiger partial charge in [-0.15, -0.1) is 23.7 Å². The Balaban J connectivity index is 0.00000264. The van der Waals surface area contributed by atoms with Gasteiger partial charge in [0.1, 0.15) is 0 Å². The first-order valence-electron chi connectivity index (χ1n) is 7.78. The van der Waals surface area contributed by atoms with Crippen LogP contribution in [0.2, 0.25) is 0 Å². The van der Waals surface area contributed by atoms with Crippen molar-refractivity contribution in [3.63, 3.8) is 0 Å². The lowest BCUT2D eigenvalue weighted by Gasteiger charge is -2.22. The first-order valence-corrected chi connectivity index (χ1v) is 8.60. The van der Waals surface area contributed by atoms with Crippen LogP contribution in [0.1, 0.15) is 39.0 Å². The number of rotatable bonds is 7. The Bertz CT molecular complexity index is 613. The van der Waals surface area contributed by atoms with E-state index in [0.29, 0.717) is 19.6 Å². The molecule has 0 aliphatic rings. The molecule has 3 nitrogen and oxygen atoms in total. The molecule has 0 atom stereocenters. The van der Waals surface area contributed by atoms with Gasteiger partial charge in [-0.2, -0.15) is 0 Å². The maximum absolute atomic E-state index is 12.8. The van der Waals surface area contributed by atoms with Crippen molar-refractivity contribution in [2.75, 3.05) is 13.1 Å². The molecule has 1 aromatic carbocycles. The van der Waals surface area contributed by atoms with Crippen LogP contribution in [0, 0.1) is 6.92 Å². The minimum Gasteiger partial charge on any atom is -0.334 e. The Hall–Kier alpha value is -1.36. The summed E-state index contributed by atoms with van der Waals surface area (Å²) < 4.78 is 0. The number of nitrogens with zero attached hydrogens (tertiary/aromatic N) is 1. The molecule has 0 spiro atoms. The van der Waals surface area contributed by atoms with Crippen LogP contribution in [0.3, 0.4) is 0 Å². The van der Waals surface area contributed by atoms with Gasteiger partial charge in [-0.05, 0) is 43.5 Å².